The summed E-state index contributed by atoms with van der Waals surface area (Å²) in [5, 5.41) is 1.76. The minimum atomic E-state index is -0.489. The van der Waals surface area contributed by atoms with Crippen molar-refractivity contribution < 1.29 is 9.59 Å². The van der Waals surface area contributed by atoms with Gasteiger partial charge in [0.15, 0.2) is 0 Å². The number of carbonyl (C=O) groups excluding carboxylic acids is 2. The van der Waals surface area contributed by atoms with Gasteiger partial charge in [-0.25, -0.2) is 0 Å². The third kappa shape index (κ3) is 3.00. The van der Waals surface area contributed by atoms with Gasteiger partial charge in [0.05, 0.1) is 12.6 Å². The lowest BCUT2D eigenvalue weighted by Gasteiger charge is -2.47. The van der Waals surface area contributed by atoms with Gasteiger partial charge in [-0.2, -0.15) is 0 Å². The van der Waals surface area contributed by atoms with E-state index in [4.69, 9.17) is 11.6 Å². The Hall–Kier alpha value is -2.79. The van der Waals surface area contributed by atoms with Crippen molar-refractivity contribution in [3.63, 3.8) is 0 Å². The van der Waals surface area contributed by atoms with E-state index in [-0.39, 0.29) is 24.4 Å². The van der Waals surface area contributed by atoms with E-state index in [1.165, 1.54) is 0 Å². The molecule has 2 aliphatic heterocycles. The lowest BCUT2D eigenvalue weighted by atomic mass is 9.86. The largest absolute Gasteiger partial charge is 0.356 e. The van der Waals surface area contributed by atoms with Crippen LogP contribution in [-0.2, 0) is 16.0 Å². The zero-order valence-corrected chi connectivity index (χ0v) is 17.8. The Labute approximate surface area is 180 Å². The van der Waals surface area contributed by atoms with E-state index in [2.05, 4.69) is 24.9 Å². The third-order valence-electron chi connectivity index (χ3n) is 6.11. The van der Waals surface area contributed by atoms with Crippen LogP contribution in [0.15, 0.2) is 48.5 Å². The molecular weight excluding hydrogens is 398 g/mol. The van der Waals surface area contributed by atoms with Gasteiger partial charge in [-0.1, -0.05) is 55.8 Å². The van der Waals surface area contributed by atoms with Crippen LogP contribution in [-0.4, -0.2) is 45.7 Å². The van der Waals surface area contributed by atoms with Crippen molar-refractivity contribution >= 4 is 34.3 Å². The Balaban J connectivity index is 1.68. The maximum absolute atomic E-state index is 13.4. The molecule has 1 fully saturated rings. The molecule has 6 heteroatoms. The fraction of sp³-hybridized carbons (Fsp3) is 0.333. The number of nitrogens with zero attached hydrogens (tertiary/aromatic N) is 2. The van der Waals surface area contributed by atoms with Gasteiger partial charge in [0.1, 0.15) is 6.04 Å². The summed E-state index contributed by atoms with van der Waals surface area (Å²) >= 11 is 6.12. The zero-order chi connectivity index (χ0) is 21.0. The smallest absolute Gasteiger partial charge is 0.246 e. The van der Waals surface area contributed by atoms with Crippen LogP contribution >= 0.6 is 11.6 Å². The first-order chi connectivity index (χ1) is 14.4. The molecule has 0 radical (unpaired) electrons. The molecule has 0 saturated carbocycles. The van der Waals surface area contributed by atoms with Crippen molar-refractivity contribution in [2.75, 3.05) is 13.1 Å². The summed E-state index contributed by atoms with van der Waals surface area (Å²) in [6, 6.07) is 14.9. The van der Waals surface area contributed by atoms with Crippen molar-refractivity contribution in [2.45, 2.75) is 32.4 Å². The molecule has 0 spiro atoms. The number of hydrogen-bond acceptors (Lipinski definition) is 2. The number of fused-ring (bicyclic) bond motifs is 4. The Bertz CT molecular complexity index is 1140. The van der Waals surface area contributed by atoms with Gasteiger partial charge in [0.2, 0.25) is 11.8 Å². The monoisotopic (exact) mass is 421 g/mol. The Kier molecular flexibility index (Phi) is 4.58. The molecule has 30 heavy (non-hydrogen) atoms. The summed E-state index contributed by atoms with van der Waals surface area (Å²) in [7, 11) is 0. The summed E-state index contributed by atoms with van der Waals surface area (Å²) in [4.78, 5) is 33.8. The highest BCUT2D eigenvalue weighted by atomic mass is 35.5. The van der Waals surface area contributed by atoms with Crippen molar-refractivity contribution in [2.24, 2.45) is 5.92 Å². The molecule has 2 aromatic carbocycles. The van der Waals surface area contributed by atoms with Crippen molar-refractivity contribution in [1.82, 2.24) is 14.8 Å². The molecule has 2 aliphatic rings. The standard InChI is InChI=1S/C24H24ClN3O2/c1-14(2)12-27-13-21(29)28-20(24(27)30)11-18-17-5-3-4-6-19(17)26-22(18)23(28)15-7-9-16(25)10-8-15/h3-10,14,20,23,26H,11-13H2,1-2H3/t20-,23-/m1/s1. The molecule has 2 atom stereocenters. The average Bonchev–Trinajstić information content (AvgIpc) is 3.09. The summed E-state index contributed by atoms with van der Waals surface area (Å²) in [6.07, 6.45) is 0.530. The number of para-hydroxylation sites is 1. The quantitative estimate of drug-likeness (QED) is 0.690. The highest BCUT2D eigenvalue weighted by molar-refractivity contribution is 6.30. The number of aromatic amines is 1. The maximum atomic E-state index is 13.4. The molecule has 3 aromatic rings. The van der Waals surface area contributed by atoms with Crippen molar-refractivity contribution in [3.8, 4) is 0 Å². The van der Waals surface area contributed by atoms with Gasteiger partial charge in [-0.3, -0.25) is 9.59 Å². The second-order valence-electron chi connectivity index (χ2n) is 8.65. The molecule has 1 aromatic heterocycles. The first-order valence-electron chi connectivity index (χ1n) is 10.4. The predicted octanol–water partition coefficient (Wildman–Crippen LogP) is 4.16. The molecule has 0 bridgehead atoms. The number of benzene rings is 2. The molecule has 2 amide bonds. The molecule has 5 nitrogen and oxygen atoms in total. The van der Waals surface area contributed by atoms with Crippen LogP contribution in [0.5, 0.6) is 0 Å². The van der Waals surface area contributed by atoms with Crippen LogP contribution in [0, 0.1) is 5.92 Å². The number of amides is 2. The van der Waals surface area contributed by atoms with E-state index < -0.39 is 6.04 Å². The number of halogens is 1. The van der Waals surface area contributed by atoms with E-state index in [0.717, 1.165) is 27.7 Å². The number of nitrogens with one attached hydrogen (secondary N) is 1. The predicted molar refractivity (Wildman–Crippen MR) is 117 cm³/mol. The summed E-state index contributed by atoms with van der Waals surface area (Å²) < 4.78 is 0. The van der Waals surface area contributed by atoms with Crippen LogP contribution in [0.25, 0.3) is 10.9 Å². The zero-order valence-electron chi connectivity index (χ0n) is 17.1. The van der Waals surface area contributed by atoms with Gasteiger partial charge < -0.3 is 14.8 Å². The first kappa shape index (κ1) is 19.2. The second-order valence-corrected chi connectivity index (χ2v) is 9.09. The van der Waals surface area contributed by atoms with Crippen molar-refractivity contribution in [1.29, 1.82) is 0 Å². The van der Waals surface area contributed by atoms with Crippen LogP contribution in [0.2, 0.25) is 5.02 Å². The van der Waals surface area contributed by atoms with Gasteiger partial charge in [-0.15, -0.1) is 0 Å². The number of aromatic nitrogens is 1. The fourth-order valence-electron chi connectivity index (χ4n) is 4.91. The number of carbonyl (C=O) groups is 2. The number of rotatable bonds is 3. The normalized spacial score (nSPS) is 21.3. The van der Waals surface area contributed by atoms with Crippen molar-refractivity contribution in [3.05, 3.63) is 70.4 Å². The first-order valence-corrected chi connectivity index (χ1v) is 10.8. The molecule has 1 saturated heterocycles. The van der Waals surface area contributed by atoms with E-state index in [1.54, 1.807) is 9.80 Å². The molecule has 0 unspecified atom stereocenters. The van der Waals surface area contributed by atoms with Crippen LogP contribution < -0.4 is 0 Å². The van der Waals surface area contributed by atoms with E-state index >= 15 is 0 Å². The molecule has 3 heterocycles. The fourth-order valence-corrected chi connectivity index (χ4v) is 5.04. The van der Waals surface area contributed by atoms with Crippen LogP contribution in [0.3, 0.4) is 0 Å². The number of hydrogen-bond donors (Lipinski definition) is 1. The highest BCUT2D eigenvalue weighted by Gasteiger charge is 2.48. The topological polar surface area (TPSA) is 56.4 Å². The Morgan fingerprint density at radius 1 is 1.10 bits per heavy atom. The number of H-pyrrole nitrogens is 1. The van der Waals surface area contributed by atoms with Gasteiger partial charge >= 0.3 is 0 Å². The van der Waals surface area contributed by atoms with Gasteiger partial charge in [0.25, 0.3) is 0 Å². The van der Waals surface area contributed by atoms with E-state index in [9.17, 15) is 9.59 Å². The molecule has 1 N–H and O–H groups in total. The third-order valence-corrected chi connectivity index (χ3v) is 6.37. The molecule has 0 aliphatic carbocycles. The Morgan fingerprint density at radius 2 is 1.83 bits per heavy atom. The summed E-state index contributed by atoms with van der Waals surface area (Å²) in [6.45, 7) is 4.87. The summed E-state index contributed by atoms with van der Waals surface area (Å²) in [5.41, 5.74) is 4.10. The SMILES string of the molecule is CC(C)CN1CC(=O)N2[C@H](c3ccc(Cl)cc3)c3[nH]c4ccccc4c3C[C@@H]2C1=O. The summed E-state index contributed by atoms with van der Waals surface area (Å²) in [5.74, 6) is 0.343. The molecule has 5 rings (SSSR count). The van der Waals surface area contributed by atoms with Gasteiger partial charge in [0, 0.05) is 34.6 Å². The Morgan fingerprint density at radius 3 is 2.57 bits per heavy atom. The minimum Gasteiger partial charge on any atom is -0.356 e. The average molecular weight is 422 g/mol. The highest BCUT2D eigenvalue weighted by Crippen LogP contribution is 2.42. The lowest BCUT2D eigenvalue weighted by molar-refractivity contribution is -0.159. The van der Waals surface area contributed by atoms with Gasteiger partial charge in [-0.05, 0) is 35.2 Å². The number of piperazine rings is 1. The van der Waals surface area contributed by atoms with Crippen LogP contribution in [0.4, 0.5) is 0 Å². The van der Waals surface area contributed by atoms with E-state index in [0.29, 0.717) is 23.9 Å². The second kappa shape index (κ2) is 7.17. The lowest BCUT2D eigenvalue weighted by Crippen LogP contribution is -2.63. The molecule has 154 valence electrons. The maximum Gasteiger partial charge on any atom is 0.246 e. The minimum absolute atomic E-state index is 0.00972. The molecular formula is C24H24ClN3O2. The van der Waals surface area contributed by atoms with Crippen LogP contribution in [0.1, 0.15) is 36.7 Å². The van der Waals surface area contributed by atoms with E-state index in [1.807, 2.05) is 42.5 Å².